The van der Waals surface area contributed by atoms with Crippen LogP contribution < -0.4 is 0 Å². The second-order valence-electron chi connectivity index (χ2n) is 4.90. The smallest absolute Gasteiger partial charge is 0.337 e. The van der Waals surface area contributed by atoms with E-state index in [2.05, 4.69) is 9.55 Å². The highest BCUT2D eigenvalue weighted by Gasteiger charge is 2.29. The van der Waals surface area contributed by atoms with Crippen LogP contribution in [-0.4, -0.2) is 33.8 Å². The van der Waals surface area contributed by atoms with Crippen molar-refractivity contribution in [2.24, 2.45) is 0 Å². The molecule has 1 aliphatic rings. The van der Waals surface area contributed by atoms with Crippen LogP contribution in [0.1, 0.15) is 35.7 Å². The topological polar surface area (TPSA) is 64.4 Å². The van der Waals surface area contributed by atoms with Crippen LogP contribution in [0.2, 0.25) is 0 Å². The molecule has 5 nitrogen and oxygen atoms in total. The summed E-state index contributed by atoms with van der Waals surface area (Å²) in [4.78, 5) is 15.5. The van der Waals surface area contributed by atoms with Gasteiger partial charge in [-0.25, -0.2) is 9.78 Å². The van der Waals surface area contributed by atoms with E-state index in [1.54, 1.807) is 25.6 Å². The van der Waals surface area contributed by atoms with Gasteiger partial charge in [0, 0.05) is 7.11 Å². The number of aromatic carboxylic acids is 1. The van der Waals surface area contributed by atoms with Gasteiger partial charge in [0.15, 0.2) is 0 Å². The maximum Gasteiger partial charge on any atom is 0.337 e. The third-order valence-corrected chi connectivity index (χ3v) is 3.91. The van der Waals surface area contributed by atoms with Crippen LogP contribution in [0, 0.1) is 0 Å². The Morgan fingerprint density at radius 1 is 1.47 bits per heavy atom. The number of fused-ring (bicyclic) bond motifs is 1. The minimum absolute atomic E-state index is 0.186. The number of rotatable bonds is 3. The van der Waals surface area contributed by atoms with Gasteiger partial charge in [0.2, 0.25) is 0 Å². The van der Waals surface area contributed by atoms with E-state index in [-0.39, 0.29) is 17.7 Å². The summed E-state index contributed by atoms with van der Waals surface area (Å²) in [5.41, 5.74) is 1.67. The molecule has 1 N–H and O–H groups in total. The molecule has 2 atom stereocenters. The molecule has 19 heavy (non-hydrogen) atoms. The van der Waals surface area contributed by atoms with Gasteiger partial charge in [-0.05, 0) is 31.4 Å². The predicted molar refractivity (Wildman–Crippen MR) is 70.4 cm³/mol. The number of nitrogens with zero attached hydrogens (tertiary/aromatic N) is 2. The Labute approximate surface area is 110 Å². The van der Waals surface area contributed by atoms with E-state index in [9.17, 15) is 9.90 Å². The molecular formula is C14H16N2O3. The number of imidazole rings is 1. The van der Waals surface area contributed by atoms with E-state index in [4.69, 9.17) is 4.74 Å². The molecule has 0 amide bonds. The second kappa shape index (κ2) is 4.66. The summed E-state index contributed by atoms with van der Waals surface area (Å²) in [5.74, 6) is -0.939. The molecule has 0 aliphatic heterocycles. The van der Waals surface area contributed by atoms with Crippen molar-refractivity contribution in [1.29, 1.82) is 0 Å². The van der Waals surface area contributed by atoms with Crippen LogP contribution in [0.15, 0.2) is 24.5 Å². The average molecular weight is 260 g/mol. The summed E-state index contributed by atoms with van der Waals surface area (Å²) < 4.78 is 7.57. The number of carboxylic acids is 1. The minimum Gasteiger partial charge on any atom is -0.478 e. The average Bonchev–Trinajstić information content (AvgIpc) is 3.03. The summed E-state index contributed by atoms with van der Waals surface area (Å²) >= 11 is 0. The number of hydrogen-bond donors (Lipinski definition) is 1. The zero-order valence-corrected chi connectivity index (χ0v) is 10.7. The normalized spacial score (nSPS) is 23.0. The SMILES string of the molecule is COC1CCCC1n1cnc2c(C(=O)O)cccc21. The molecule has 2 unspecified atom stereocenters. The molecule has 0 saturated heterocycles. The first-order valence-corrected chi connectivity index (χ1v) is 6.44. The van der Waals surface area contributed by atoms with Gasteiger partial charge in [0.1, 0.15) is 5.52 Å². The Bertz CT molecular complexity index is 620. The fourth-order valence-electron chi connectivity index (χ4n) is 2.99. The van der Waals surface area contributed by atoms with Gasteiger partial charge >= 0.3 is 5.97 Å². The lowest BCUT2D eigenvalue weighted by Gasteiger charge is -2.20. The molecule has 1 saturated carbocycles. The van der Waals surface area contributed by atoms with Crippen molar-refractivity contribution in [3.63, 3.8) is 0 Å². The molecule has 1 aromatic heterocycles. The van der Waals surface area contributed by atoms with Crippen LogP contribution in [0.5, 0.6) is 0 Å². The van der Waals surface area contributed by atoms with E-state index >= 15 is 0 Å². The molecule has 0 radical (unpaired) electrons. The fourth-order valence-corrected chi connectivity index (χ4v) is 2.99. The Balaban J connectivity index is 2.11. The second-order valence-corrected chi connectivity index (χ2v) is 4.90. The van der Waals surface area contributed by atoms with Crippen LogP contribution in [0.3, 0.4) is 0 Å². The molecule has 1 aromatic carbocycles. The summed E-state index contributed by atoms with van der Waals surface area (Å²) in [6, 6.07) is 5.52. The monoisotopic (exact) mass is 260 g/mol. The number of hydrogen-bond acceptors (Lipinski definition) is 3. The third-order valence-electron chi connectivity index (χ3n) is 3.91. The first-order valence-electron chi connectivity index (χ1n) is 6.44. The third kappa shape index (κ3) is 1.90. The van der Waals surface area contributed by atoms with Gasteiger partial charge in [0.05, 0.1) is 29.6 Å². The van der Waals surface area contributed by atoms with Crippen molar-refractivity contribution < 1.29 is 14.6 Å². The summed E-state index contributed by atoms with van der Waals surface area (Å²) in [6.07, 6.45) is 5.13. The maximum absolute atomic E-state index is 11.2. The molecule has 100 valence electrons. The van der Waals surface area contributed by atoms with Crippen molar-refractivity contribution in [2.75, 3.05) is 7.11 Å². The standard InChI is InChI=1S/C14H16N2O3/c1-19-12-7-3-5-10(12)16-8-15-13-9(14(17)18)4-2-6-11(13)16/h2,4,6,8,10,12H,3,5,7H2,1H3,(H,17,18). The summed E-state index contributed by atoms with van der Waals surface area (Å²) in [6.45, 7) is 0. The highest BCUT2D eigenvalue weighted by Crippen LogP contribution is 2.34. The number of methoxy groups -OCH3 is 1. The Kier molecular flexibility index (Phi) is 2.98. The number of benzene rings is 1. The van der Waals surface area contributed by atoms with Crippen molar-refractivity contribution in [3.05, 3.63) is 30.1 Å². The van der Waals surface area contributed by atoms with E-state index in [0.29, 0.717) is 5.52 Å². The lowest BCUT2D eigenvalue weighted by atomic mass is 10.1. The molecule has 5 heteroatoms. The molecule has 3 rings (SSSR count). The zero-order valence-electron chi connectivity index (χ0n) is 10.7. The molecular weight excluding hydrogens is 244 g/mol. The van der Waals surface area contributed by atoms with E-state index in [1.807, 2.05) is 6.07 Å². The van der Waals surface area contributed by atoms with Crippen molar-refractivity contribution in [3.8, 4) is 0 Å². The summed E-state index contributed by atoms with van der Waals surface area (Å²) in [5, 5.41) is 9.18. The number of carboxylic acid groups (broad SMARTS) is 1. The Morgan fingerprint density at radius 3 is 3.05 bits per heavy atom. The van der Waals surface area contributed by atoms with Crippen molar-refractivity contribution in [2.45, 2.75) is 31.4 Å². The molecule has 0 bridgehead atoms. The lowest BCUT2D eigenvalue weighted by molar-refractivity contribution is 0.0699. The van der Waals surface area contributed by atoms with E-state index in [1.165, 1.54) is 0 Å². The number of carbonyl (C=O) groups is 1. The highest BCUT2D eigenvalue weighted by atomic mass is 16.5. The van der Waals surface area contributed by atoms with Crippen LogP contribution >= 0.6 is 0 Å². The van der Waals surface area contributed by atoms with Crippen molar-refractivity contribution in [1.82, 2.24) is 9.55 Å². The van der Waals surface area contributed by atoms with Gasteiger partial charge in [-0.15, -0.1) is 0 Å². The first-order chi connectivity index (χ1) is 9.22. The quantitative estimate of drug-likeness (QED) is 0.920. The fraction of sp³-hybridized carbons (Fsp3) is 0.429. The van der Waals surface area contributed by atoms with Crippen LogP contribution in [-0.2, 0) is 4.74 Å². The van der Waals surface area contributed by atoms with Gasteiger partial charge in [0.25, 0.3) is 0 Å². The van der Waals surface area contributed by atoms with Gasteiger partial charge in [-0.2, -0.15) is 0 Å². The molecule has 2 aromatic rings. The number of aromatic nitrogens is 2. The Morgan fingerprint density at radius 2 is 2.32 bits per heavy atom. The molecule has 1 heterocycles. The molecule has 1 fully saturated rings. The van der Waals surface area contributed by atoms with Gasteiger partial charge < -0.3 is 14.4 Å². The van der Waals surface area contributed by atoms with Crippen molar-refractivity contribution >= 4 is 17.0 Å². The molecule has 1 aliphatic carbocycles. The first kappa shape index (κ1) is 12.2. The van der Waals surface area contributed by atoms with E-state index in [0.717, 1.165) is 24.8 Å². The minimum atomic E-state index is -0.939. The predicted octanol–water partition coefficient (Wildman–Crippen LogP) is 2.47. The molecule has 0 spiro atoms. The van der Waals surface area contributed by atoms with Crippen LogP contribution in [0.25, 0.3) is 11.0 Å². The summed E-state index contributed by atoms with van der Waals surface area (Å²) in [7, 11) is 1.73. The van der Waals surface area contributed by atoms with Gasteiger partial charge in [-0.1, -0.05) is 6.07 Å². The van der Waals surface area contributed by atoms with Gasteiger partial charge in [-0.3, -0.25) is 0 Å². The maximum atomic E-state index is 11.2. The van der Waals surface area contributed by atoms with Crippen LogP contribution in [0.4, 0.5) is 0 Å². The lowest BCUT2D eigenvalue weighted by Crippen LogP contribution is -2.19. The highest BCUT2D eigenvalue weighted by molar-refractivity contribution is 6.00. The Hall–Kier alpha value is -1.88. The largest absolute Gasteiger partial charge is 0.478 e. The van der Waals surface area contributed by atoms with E-state index < -0.39 is 5.97 Å². The zero-order chi connectivity index (χ0) is 13.4. The number of ether oxygens (including phenoxy) is 1. The number of para-hydroxylation sites is 1.